The van der Waals surface area contributed by atoms with E-state index in [1.807, 2.05) is 0 Å². The van der Waals surface area contributed by atoms with Gasteiger partial charge in [0.1, 0.15) is 5.21 Å². The molecule has 94 valence electrons. The topological polar surface area (TPSA) is 40.6 Å². The van der Waals surface area contributed by atoms with E-state index in [1.165, 1.54) is 30.0 Å². The smallest absolute Gasteiger partial charge is 0.228 e. The Morgan fingerprint density at radius 3 is 2.12 bits per heavy atom. The molecule has 0 radical (unpaired) electrons. The zero-order chi connectivity index (χ0) is 11.6. The molecule has 0 spiro atoms. The molecule has 1 saturated heterocycles. The van der Waals surface area contributed by atoms with Crippen LogP contribution in [0.3, 0.4) is 0 Å². The minimum Gasteiger partial charge on any atom is -0.298 e. The highest BCUT2D eigenvalue weighted by Crippen LogP contribution is 2.24. The van der Waals surface area contributed by atoms with Gasteiger partial charge in [-0.25, -0.2) is 8.42 Å². The number of alkyl halides is 1. The maximum atomic E-state index is 11.6. The Hall–Kier alpha value is 0.160. The summed E-state index contributed by atoms with van der Waals surface area (Å²) in [6.07, 6.45) is 5.21. The van der Waals surface area contributed by atoms with Crippen molar-refractivity contribution in [2.24, 2.45) is 0 Å². The number of piperazine rings is 1. The Morgan fingerprint density at radius 2 is 1.62 bits per heavy atom. The van der Waals surface area contributed by atoms with Crippen LogP contribution in [0, 0.1) is 0 Å². The second-order valence-corrected chi connectivity index (χ2v) is 7.15. The number of halogens is 1. The van der Waals surface area contributed by atoms with Crippen molar-refractivity contribution >= 4 is 21.6 Å². The first-order valence-corrected chi connectivity index (χ1v) is 8.06. The molecule has 0 aromatic rings. The number of sulfonamides is 1. The summed E-state index contributed by atoms with van der Waals surface area (Å²) in [4.78, 5) is 2.44. The van der Waals surface area contributed by atoms with Crippen molar-refractivity contribution in [1.29, 1.82) is 0 Å². The molecule has 4 nitrogen and oxygen atoms in total. The molecule has 2 fully saturated rings. The van der Waals surface area contributed by atoms with Crippen molar-refractivity contribution in [1.82, 2.24) is 9.21 Å². The fourth-order valence-corrected chi connectivity index (χ4v) is 3.96. The van der Waals surface area contributed by atoms with Gasteiger partial charge in [0.25, 0.3) is 0 Å². The highest BCUT2D eigenvalue weighted by atomic mass is 35.5. The van der Waals surface area contributed by atoms with Crippen molar-refractivity contribution in [3.05, 3.63) is 0 Å². The van der Waals surface area contributed by atoms with Gasteiger partial charge < -0.3 is 0 Å². The highest BCUT2D eigenvalue weighted by Gasteiger charge is 2.30. The maximum Gasteiger partial charge on any atom is 0.228 e. The fraction of sp³-hybridized carbons (Fsp3) is 1.00. The summed E-state index contributed by atoms with van der Waals surface area (Å²) in [5.74, 6) is 0. The van der Waals surface area contributed by atoms with Crippen molar-refractivity contribution in [3.63, 3.8) is 0 Å². The first-order valence-electron chi connectivity index (χ1n) is 5.91. The van der Waals surface area contributed by atoms with E-state index >= 15 is 0 Å². The second-order valence-electron chi connectivity index (χ2n) is 4.59. The van der Waals surface area contributed by atoms with Gasteiger partial charge in [-0.3, -0.25) is 4.90 Å². The summed E-state index contributed by atoms with van der Waals surface area (Å²) in [6, 6.07) is 0.695. The van der Waals surface area contributed by atoms with Gasteiger partial charge in [-0.05, 0) is 12.8 Å². The standard InChI is InChI=1S/C10H19ClN2O2S/c11-9-16(14,15)13-7-5-12(6-8-13)10-3-1-2-4-10/h10H,1-9H2. The van der Waals surface area contributed by atoms with Gasteiger partial charge in [0.2, 0.25) is 10.0 Å². The van der Waals surface area contributed by atoms with Gasteiger partial charge in [-0.15, -0.1) is 11.6 Å². The summed E-state index contributed by atoms with van der Waals surface area (Å²) in [6.45, 7) is 2.93. The Bertz CT molecular complexity index is 320. The molecule has 0 bridgehead atoms. The van der Waals surface area contributed by atoms with Gasteiger partial charge in [0.05, 0.1) is 0 Å². The van der Waals surface area contributed by atoms with Crippen LogP contribution in [-0.4, -0.2) is 55.1 Å². The molecule has 0 aromatic carbocycles. The van der Waals surface area contributed by atoms with Crippen molar-refractivity contribution < 1.29 is 8.42 Å². The molecule has 16 heavy (non-hydrogen) atoms. The van der Waals surface area contributed by atoms with E-state index in [0.717, 1.165) is 13.1 Å². The minimum atomic E-state index is -3.20. The first-order chi connectivity index (χ1) is 7.63. The van der Waals surface area contributed by atoms with Crippen molar-refractivity contribution in [2.45, 2.75) is 31.7 Å². The summed E-state index contributed by atoms with van der Waals surface area (Å²) in [5, 5.41) is -0.295. The normalized spacial score (nSPS) is 26.3. The van der Waals surface area contributed by atoms with Crippen LogP contribution in [0.2, 0.25) is 0 Å². The fourth-order valence-electron chi connectivity index (χ4n) is 2.69. The summed E-state index contributed by atoms with van der Waals surface area (Å²) in [5.41, 5.74) is 0. The van der Waals surface area contributed by atoms with Gasteiger partial charge in [-0.1, -0.05) is 12.8 Å². The van der Waals surface area contributed by atoms with Crippen LogP contribution in [-0.2, 0) is 10.0 Å². The third-order valence-electron chi connectivity index (χ3n) is 3.65. The lowest BCUT2D eigenvalue weighted by Crippen LogP contribution is -2.51. The Kier molecular flexibility index (Phi) is 4.11. The number of hydrogen-bond donors (Lipinski definition) is 0. The molecule has 1 aliphatic heterocycles. The summed E-state index contributed by atoms with van der Waals surface area (Å²) in [7, 11) is -3.20. The lowest BCUT2D eigenvalue weighted by atomic mass is 10.2. The van der Waals surface area contributed by atoms with Gasteiger partial charge >= 0.3 is 0 Å². The zero-order valence-electron chi connectivity index (χ0n) is 9.44. The average molecular weight is 267 g/mol. The largest absolute Gasteiger partial charge is 0.298 e. The van der Waals surface area contributed by atoms with E-state index in [4.69, 9.17) is 11.6 Å². The molecule has 0 aromatic heterocycles. The summed E-state index contributed by atoms with van der Waals surface area (Å²) >= 11 is 5.45. The van der Waals surface area contributed by atoms with Crippen LogP contribution in [0.15, 0.2) is 0 Å². The van der Waals surface area contributed by atoms with Crippen LogP contribution in [0.5, 0.6) is 0 Å². The van der Waals surface area contributed by atoms with Gasteiger partial charge in [0, 0.05) is 32.2 Å². The van der Waals surface area contributed by atoms with E-state index in [1.54, 1.807) is 0 Å². The van der Waals surface area contributed by atoms with Gasteiger partial charge in [0.15, 0.2) is 0 Å². The molecule has 2 rings (SSSR count). The SMILES string of the molecule is O=S(=O)(CCl)N1CCN(C2CCCC2)CC1. The van der Waals surface area contributed by atoms with E-state index < -0.39 is 10.0 Å². The molecular weight excluding hydrogens is 248 g/mol. The molecule has 2 aliphatic rings. The second kappa shape index (κ2) is 5.21. The molecule has 1 aliphatic carbocycles. The lowest BCUT2D eigenvalue weighted by molar-refractivity contribution is 0.139. The van der Waals surface area contributed by atoms with E-state index in [-0.39, 0.29) is 5.21 Å². The zero-order valence-corrected chi connectivity index (χ0v) is 11.0. The highest BCUT2D eigenvalue weighted by molar-refractivity contribution is 7.90. The third-order valence-corrected chi connectivity index (χ3v) is 5.90. The lowest BCUT2D eigenvalue weighted by Gasteiger charge is -2.37. The number of nitrogens with zero attached hydrogens (tertiary/aromatic N) is 2. The molecule has 1 heterocycles. The molecule has 0 unspecified atom stereocenters. The summed E-state index contributed by atoms with van der Waals surface area (Å²) < 4.78 is 24.6. The van der Waals surface area contributed by atoms with Crippen LogP contribution < -0.4 is 0 Å². The number of rotatable bonds is 3. The predicted octanol–water partition coefficient (Wildman–Crippen LogP) is 1.07. The number of hydrogen-bond acceptors (Lipinski definition) is 3. The Balaban J connectivity index is 1.87. The van der Waals surface area contributed by atoms with Crippen LogP contribution >= 0.6 is 11.6 Å². The third kappa shape index (κ3) is 2.70. The average Bonchev–Trinajstić information content (AvgIpc) is 2.83. The molecule has 0 amide bonds. The minimum absolute atomic E-state index is 0.295. The monoisotopic (exact) mass is 266 g/mol. The van der Waals surface area contributed by atoms with Crippen molar-refractivity contribution in [2.75, 3.05) is 31.4 Å². The van der Waals surface area contributed by atoms with E-state index in [2.05, 4.69) is 4.90 Å². The molecule has 0 N–H and O–H groups in total. The maximum absolute atomic E-state index is 11.6. The van der Waals surface area contributed by atoms with Gasteiger partial charge in [-0.2, -0.15) is 4.31 Å². The molecule has 6 heteroatoms. The molecule has 1 saturated carbocycles. The van der Waals surface area contributed by atoms with Crippen LogP contribution in [0.1, 0.15) is 25.7 Å². The molecular formula is C10H19ClN2O2S. The van der Waals surface area contributed by atoms with E-state index in [9.17, 15) is 8.42 Å². The van der Waals surface area contributed by atoms with Crippen LogP contribution in [0.25, 0.3) is 0 Å². The quantitative estimate of drug-likeness (QED) is 0.718. The van der Waals surface area contributed by atoms with Crippen LogP contribution in [0.4, 0.5) is 0 Å². The van der Waals surface area contributed by atoms with E-state index in [0.29, 0.717) is 19.1 Å². The van der Waals surface area contributed by atoms with Crippen molar-refractivity contribution in [3.8, 4) is 0 Å². The molecule has 0 atom stereocenters. The Morgan fingerprint density at radius 1 is 1.06 bits per heavy atom. The predicted molar refractivity (Wildman–Crippen MR) is 65.0 cm³/mol. The Labute approximate surface area is 103 Å². The first kappa shape index (κ1) is 12.6.